The van der Waals surface area contributed by atoms with Crippen molar-refractivity contribution in [2.45, 2.75) is 44.2 Å². The molecule has 1 aliphatic heterocycles. The lowest BCUT2D eigenvalue weighted by atomic mass is 10.0. The van der Waals surface area contributed by atoms with Crippen LogP contribution in [0.3, 0.4) is 0 Å². The normalized spacial score (nSPS) is 15.1. The zero-order valence-corrected chi connectivity index (χ0v) is 23.4. The molecular formula is C30H25ClN6O3S. The van der Waals surface area contributed by atoms with E-state index in [2.05, 4.69) is 26.6 Å². The lowest BCUT2D eigenvalue weighted by Crippen LogP contribution is -2.31. The third kappa shape index (κ3) is 4.83. The number of hydrogen-bond donors (Lipinski definition) is 3. The van der Waals surface area contributed by atoms with Crippen molar-refractivity contribution in [2.75, 3.05) is 0 Å². The summed E-state index contributed by atoms with van der Waals surface area (Å²) in [5, 5.41) is 23.9. The van der Waals surface area contributed by atoms with E-state index in [1.807, 2.05) is 53.1 Å². The summed E-state index contributed by atoms with van der Waals surface area (Å²) >= 11 is 8.29. The van der Waals surface area contributed by atoms with Crippen molar-refractivity contribution in [1.82, 2.24) is 25.1 Å². The second kappa shape index (κ2) is 10.3. The number of carboxylic acids is 1. The van der Waals surface area contributed by atoms with Gasteiger partial charge >= 0.3 is 5.97 Å². The van der Waals surface area contributed by atoms with E-state index in [0.717, 1.165) is 45.6 Å². The molecule has 7 rings (SSSR count). The minimum absolute atomic E-state index is 0.147. The molecule has 5 aromatic rings. The largest absolute Gasteiger partial charge is 0.481 e. The van der Waals surface area contributed by atoms with Crippen LogP contribution in [0.25, 0.3) is 15.9 Å². The fraction of sp³-hybridized carbons (Fsp3) is 0.233. The second-order valence-corrected chi connectivity index (χ2v) is 11.8. The summed E-state index contributed by atoms with van der Waals surface area (Å²) in [6.45, 7) is 0.259. The van der Waals surface area contributed by atoms with Crippen LogP contribution < -0.4 is 5.32 Å². The number of aliphatic carboxylic acids is 1. The van der Waals surface area contributed by atoms with E-state index in [9.17, 15) is 14.7 Å². The number of halogens is 1. The summed E-state index contributed by atoms with van der Waals surface area (Å²) in [6, 6.07) is 18.6. The van der Waals surface area contributed by atoms with Gasteiger partial charge in [-0.1, -0.05) is 48.0 Å². The number of para-hydroxylation sites is 1. The van der Waals surface area contributed by atoms with Crippen molar-refractivity contribution in [3.8, 4) is 5.00 Å². The summed E-state index contributed by atoms with van der Waals surface area (Å²) in [7, 11) is 0. The van der Waals surface area contributed by atoms with Gasteiger partial charge in [-0.3, -0.25) is 19.1 Å². The zero-order chi connectivity index (χ0) is 28.1. The second-order valence-electron chi connectivity index (χ2n) is 10.3. The van der Waals surface area contributed by atoms with Crippen LogP contribution in [0.15, 0.2) is 65.7 Å². The Morgan fingerprint density at radius 1 is 1.10 bits per heavy atom. The highest BCUT2D eigenvalue weighted by Crippen LogP contribution is 2.47. The molecule has 4 heterocycles. The van der Waals surface area contributed by atoms with Crippen molar-refractivity contribution < 1.29 is 14.7 Å². The molecule has 206 valence electrons. The number of thiophene rings is 1. The fourth-order valence-corrected chi connectivity index (χ4v) is 6.85. The van der Waals surface area contributed by atoms with E-state index >= 15 is 0 Å². The molecule has 1 atom stereocenters. The Kier molecular flexibility index (Phi) is 6.44. The van der Waals surface area contributed by atoms with E-state index in [0.29, 0.717) is 28.3 Å². The lowest BCUT2D eigenvalue weighted by molar-refractivity contribution is -0.137. The number of benzene rings is 2. The molecule has 2 aromatic carbocycles. The maximum Gasteiger partial charge on any atom is 0.303 e. The first-order valence-electron chi connectivity index (χ1n) is 13.4. The minimum Gasteiger partial charge on any atom is -0.481 e. The molecule has 2 aliphatic rings. The first kappa shape index (κ1) is 25.7. The molecule has 3 N–H and O–H groups in total. The predicted octanol–water partition coefficient (Wildman–Crippen LogP) is 6.03. The van der Waals surface area contributed by atoms with Crippen LogP contribution in [-0.2, 0) is 11.3 Å². The van der Waals surface area contributed by atoms with Gasteiger partial charge in [0, 0.05) is 38.4 Å². The average Bonchev–Trinajstić information content (AvgIpc) is 3.42. The average molecular weight is 585 g/mol. The summed E-state index contributed by atoms with van der Waals surface area (Å²) < 4.78 is 1.96. The van der Waals surface area contributed by atoms with Crippen LogP contribution in [0.2, 0.25) is 5.02 Å². The summed E-state index contributed by atoms with van der Waals surface area (Å²) in [5.41, 5.74) is 3.79. The van der Waals surface area contributed by atoms with Crippen molar-refractivity contribution in [3.63, 3.8) is 0 Å². The van der Waals surface area contributed by atoms with E-state index in [1.165, 1.54) is 4.88 Å². The van der Waals surface area contributed by atoms with Gasteiger partial charge in [-0.05, 0) is 49.4 Å². The van der Waals surface area contributed by atoms with Crippen LogP contribution in [-0.4, -0.2) is 42.4 Å². The number of hydrogen-bond acceptors (Lipinski definition) is 6. The minimum atomic E-state index is -0.956. The number of nitrogens with one attached hydrogen (secondary N) is 2. The molecule has 0 radical (unpaired) electrons. The third-order valence-electron chi connectivity index (χ3n) is 7.47. The summed E-state index contributed by atoms with van der Waals surface area (Å²) in [6.07, 6.45) is 2.28. The highest BCUT2D eigenvalue weighted by atomic mass is 35.5. The van der Waals surface area contributed by atoms with Crippen LogP contribution >= 0.6 is 22.9 Å². The number of fused-ring (bicyclic) bond motifs is 4. The predicted molar refractivity (Wildman–Crippen MR) is 157 cm³/mol. The summed E-state index contributed by atoms with van der Waals surface area (Å²) in [4.78, 5) is 34.4. The Morgan fingerprint density at radius 2 is 1.90 bits per heavy atom. The van der Waals surface area contributed by atoms with Gasteiger partial charge in [0.2, 0.25) is 0 Å². The van der Waals surface area contributed by atoms with E-state index in [4.69, 9.17) is 16.6 Å². The first-order chi connectivity index (χ1) is 20.0. The molecule has 0 unspecified atom stereocenters. The molecular weight excluding hydrogens is 560 g/mol. The standard InChI is InChI=1S/C30H25ClN6O3S/c31-20-7-3-2-6-18(20)27-19-14-24(16-9-10-16)41-30(19)37-25(15-32-27)35-36-28(37)22(11-12-26(38)39)34-29(40)23-13-17-5-1-4-8-21(17)33-23/h1-8,13-14,16,22,33H,9-12,15H2,(H,34,40)(H,38,39)/t22-/m1/s1. The third-order valence-corrected chi connectivity index (χ3v) is 9.08. The van der Waals surface area contributed by atoms with E-state index in [1.54, 1.807) is 17.4 Å². The number of rotatable bonds is 8. The van der Waals surface area contributed by atoms with Crippen molar-refractivity contribution >= 4 is 51.4 Å². The maximum absolute atomic E-state index is 13.4. The first-order valence-corrected chi connectivity index (χ1v) is 14.6. The van der Waals surface area contributed by atoms with Gasteiger partial charge in [-0.15, -0.1) is 21.5 Å². The number of carbonyl (C=O) groups is 2. The SMILES string of the molecule is O=C(O)CC[C@@H](NC(=O)c1cc2ccccc2[nH]1)c1nnc2n1-c1sc(C3CC3)cc1C(c1ccccc1Cl)=NC2. The molecule has 1 amide bonds. The van der Waals surface area contributed by atoms with Crippen LogP contribution in [0.5, 0.6) is 0 Å². The lowest BCUT2D eigenvalue weighted by Gasteiger charge is -2.19. The van der Waals surface area contributed by atoms with Crippen molar-refractivity contribution in [1.29, 1.82) is 0 Å². The highest BCUT2D eigenvalue weighted by Gasteiger charge is 2.33. The number of aliphatic imine (C=N–C) groups is 1. The topological polar surface area (TPSA) is 125 Å². The van der Waals surface area contributed by atoms with Gasteiger partial charge in [0.25, 0.3) is 5.91 Å². The fourth-order valence-electron chi connectivity index (χ4n) is 5.27. The van der Waals surface area contributed by atoms with Gasteiger partial charge in [-0.25, -0.2) is 0 Å². The van der Waals surface area contributed by atoms with Gasteiger partial charge < -0.3 is 15.4 Å². The molecule has 3 aromatic heterocycles. The molecule has 1 aliphatic carbocycles. The highest BCUT2D eigenvalue weighted by molar-refractivity contribution is 7.15. The number of nitrogens with zero attached hydrogens (tertiary/aromatic N) is 4. The number of H-pyrrole nitrogens is 1. The van der Waals surface area contributed by atoms with Crippen LogP contribution in [0.1, 0.15) is 75.8 Å². The summed E-state index contributed by atoms with van der Waals surface area (Å²) in [5.74, 6) is 0.301. The number of carbonyl (C=O) groups excluding carboxylic acids is 1. The Balaban J connectivity index is 1.31. The molecule has 0 saturated heterocycles. The maximum atomic E-state index is 13.4. The molecule has 9 nitrogen and oxygen atoms in total. The number of carboxylic acid groups (broad SMARTS) is 1. The van der Waals surface area contributed by atoms with Gasteiger partial charge in [-0.2, -0.15) is 0 Å². The van der Waals surface area contributed by atoms with E-state index in [-0.39, 0.29) is 25.3 Å². The Bertz CT molecular complexity index is 1820. The number of aromatic amines is 1. The van der Waals surface area contributed by atoms with Crippen LogP contribution in [0.4, 0.5) is 0 Å². The molecule has 0 spiro atoms. The van der Waals surface area contributed by atoms with Gasteiger partial charge in [0.1, 0.15) is 17.2 Å². The molecule has 1 saturated carbocycles. The van der Waals surface area contributed by atoms with Gasteiger partial charge in [0.15, 0.2) is 11.6 Å². The quantitative estimate of drug-likeness (QED) is 0.205. The number of amides is 1. The van der Waals surface area contributed by atoms with E-state index < -0.39 is 12.0 Å². The Labute approximate surface area is 243 Å². The molecule has 1 fully saturated rings. The Morgan fingerprint density at radius 3 is 2.68 bits per heavy atom. The monoisotopic (exact) mass is 584 g/mol. The van der Waals surface area contributed by atoms with Crippen LogP contribution in [0, 0.1) is 0 Å². The molecule has 41 heavy (non-hydrogen) atoms. The zero-order valence-electron chi connectivity index (χ0n) is 21.8. The van der Waals surface area contributed by atoms with Gasteiger partial charge in [0.05, 0.1) is 11.8 Å². The molecule has 11 heteroatoms. The molecule has 0 bridgehead atoms. The Hall–Kier alpha value is -4.28. The van der Waals surface area contributed by atoms with Crippen molar-refractivity contribution in [3.05, 3.63) is 99.0 Å². The smallest absolute Gasteiger partial charge is 0.303 e. The number of aromatic nitrogens is 4. The van der Waals surface area contributed by atoms with Crippen molar-refractivity contribution in [2.24, 2.45) is 4.99 Å².